The third kappa shape index (κ3) is 3.90. The molecule has 3 rings (SSSR count). The molecule has 2 saturated heterocycles. The Balaban J connectivity index is 1.67. The molecule has 2 heterocycles. The second kappa shape index (κ2) is 7.81. The van der Waals surface area contributed by atoms with Crippen LogP contribution in [0.1, 0.15) is 29.6 Å². The van der Waals surface area contributed by atoms with Gasteiger partial charge in [0, 0.05) is 32.2 Å². The Kier molecular flexibility index (Phi) is 5.74. The van der Waals surface area contributed by atoms with Crippen LogP contribution < -0.4 is 0 Å². The number of carbonyl (C=O) groups excluding carboxylic acids is 1. The van der Waals surface area contributed by atoms with Crippen LogP contribution >= 0.6 is 11.6 Å². The molecule has 0 unspecified atom stereocenters. The van der Waals surface area contributed by atoms with Crippen LogP contribution in [0.15, 0.2) is 18.2 Å². The van der Waals surface area contributed by atoms with E-state index in [1.54, 1.807) is 4.90 Å². The van der Waals surface area contributed by atoms with Gasteiger partial charge in [-0.25, -0.2) is 4.39 Å². The summed E-state index contributed by atoms with van der Waals surface area (Å²) in [6.45, 7) is 4.36. The number of aliphatic hydroxyl groups is 1. The molecule has 1 amide bonds. The molecule has 2 fully saturated rings. The maximum Gasteiger partial charge on any atom is 0.255 e. The highest BCUT2D eigenvalue weighted by Gasteiger charge is 2.36. The fourth-order valence-electron chi connectivity index (χ4n) is 3.83. The lowest BCUT2D eigenvalue weighted by Gasteiger charge is -2.30. The molecule has 0 spiro atoms. The van der Waals surface area contributed by atoms with Gasteiger partial charge in [0.15, 0.2) is 0 Å². The Morgan fingerprint density at radius 1 is 1.21 bits per heavy atom. The molecule has 24 heavy (non-hydrogen) atoms. The Hall–Kier alpha value is -1.17. The summed E-state index contributed by atoms with van der Waals surface area (Å²) in [5.41, 5.74) is 0.327. The van der Waals surface area contributed by atoms with E-state index in [4.69, 9.17) is 11.6 Å². The third-order valence-electron chi connectivity index (χ3n) is 5.20. The van der Waals surface area contributed by atoms with Crippen LogP contribution in [0.4, 0.5) is 4.39 Å². The Morgan fingerprint density at radius 3 is 2.58 bits per heavy atom. The molecule has 6 heteroatoms. The average Bonchev–Trinajstić information content (AvgIpc) is 2.98. The van der Waals surface area contributed by atoms with Crippen LogP contribution in [0.2, 0.25) is 5.02 Å². The number of hydrogen-bond donors (Lipinski definition) is 1. The molecule has 2 aliphatic heterocycles. The number of amides is 1. The first kappa shape index (κ1) is 17.6. The quantitative estimate of drug-likeness (QED) is 0.904. The van der Waals surface area contributed by atoms with Gasteiger partial charge in [-0.1, -0.05) is 18.0 Å². The molecule has 2 aliphatic rings. The number of aliphatic hydroxyl groups excluding tert-OH is 1. The van der Waals surface area contributed by atoms with Gasteiger partial charge in [-0.15, -0.1) is 0 Å². The van der Waals surface area contributed by atoms with E-state index in [9.17, 15) is 14.3 Å². The first-order valence-corrected chi connectivity index (χ1v) is 9.04. The summed E-state index contributed by atoms with van der Waals surface area (Å²) in [6.07, 6.45) is 3.74. The first-order valence-electron chi connectivity index (χ1n) is 8.66. The van der Waals surface area contributed by atoms with Gasteiger partial charge in [-0.05, 0) is 50.0 Å². The number of halogens is 2. The third-order valence-corrected chi connectivity index (χ3v) is 5.51. The lowest BCUT2D eigenvalue weighted by molar-refractivity contribution is 0.0778. The second-order valence-electron chi connectivity index (χ2n) is 6.90. The van der Waals surface area contributed by atoms with Gasteiger partial charge in [0.25, 0.3) is 5.91 Å². The highest BCUT2D eigenvalue weighted by atomic mass is 35.5. The Labute approximate surface area is 147 Å². The molecular weight excluding hydrogens is 331 g/mol. The monoisotopic (exact) mass is 354 g/mol. The summed E-state index contributed by atoms with van der Waals surface area (Å²) < 4.78 is 13.2. The van der Waals surface area contributed by atoms with Crippen LogP contribution in [0.3, 0.4) is 0 Å². The van der Waals surface area contributed by atoms with Crippen molar-refractivity contribution in [2.24, 2.45) is 11.8 Å². The van der Waals surface area contributed by atoms with Gasteiger partial charge in [0.2, 0.25) is 0 Å². The topological polar surface area (TPSA) is 43.8 Å². The fourth-order valence-corrected chi connectivity index (χ4v) is 4.07. The molecular formula is C18H24ClFN2O2. The lowest BCUT2D eigenvalue weighted by atomic mass is 9.95. The summed E-state index contributed by atoms with van der Waals surface area (Å²) in [7, 11) is 0. The zero-order valence-corrected chi connectivity index (χ0v) is 14.5. The van der Waals surface area contributed by atoms with E-state index in [2.05, 4.69) is 4.90 Å². The molecule has 0 aliphatic carbocycles. The van der Waals surface area contributed by atoms with Gasteiger partial charge in [-0.2, -0.15) is 0 Å². The summed E-state index contributed by atoms with van der Waals surface area (Å²) in [4.78, 5) is 16.9. The minimum atomic E-state index is -0.450. The van der Waals surface area contributed by atoms with Crippen molar-refractivity contribution in [3.05, 3.63) is 34.6 Å². The maximum absolute atomic E-state index is 13.2. The SMILES string of the molecule is O=C(c1ccc(F)cc1Cl)N1C[C@@H](CO)[C@@H](CN2CCCCC2)C1. The van der Waals surface area contributed by atoms with Gasteiger partial charge >= 0.3 is 0 Å². The number of carbonyl (C=O) groups is 1. The van der Waals surface area contributed by atoms with Crippen molar-refractivity contribution in [3.8, 4) is 0 Å². The summed E-state index contributed by atoms with van der Waals surface area (Å²) in [5, 5.41) is 9.83. The second-order valence-corrected chi connectivity index (χ2v) is 7.31. The van der Waals surface area contributed by atoms with Crippen molar-refractivity contribution in [2.45, 2.75) is 19.3 Å². The van der Waals surface area contributed by atoms with E-state index in [-0.39, 0.29) is 29.4 Å². The molecule has 0 aromatic heterocycles. The molecule has 4 nitrogen and oxygen atoms in total. The molecule has 2 atom stereocenters. The zero-order valence-electron chi connectivity index (χ0n) is 13.8. The van der Waals surface area contributed by atoms with Crippen molar-refractivity contribution in [1.29, 1.82) is 0 Å². The molecule has 1 N–H and O–H groups in total. The fraction of sp³-hybridized carbons (Fsp3) is 0.611. The number of piperidine rings is 1. The van der Waals surface area contributed by atoms with Crippen LogP contribution in [-0.2, 0) is 0 Å². The van der Waals surface area contributed by atoms with Crippen LogP contribution in [0, 0.1) is 17.7 Å². The summed E-state index contributed by atoms with van der Waals surface area (Å²) >= 11 is 6.02. The van der Waals surface area contributed by atoms with Crippen molar-refractivity contribution in [1.82, 2.24) is 9.80 Å². The van der Waals surface area contributed by atoms with Crippen LogP contribution in [0.5, 0.6) is 0 Å². The first-order chi connectivity index (χ1) is 11.6. The van der Waals surface area contributed by atoms with E-state index in [0.29, 0.717) is 18.7 Å². The summed E-state index contributed by atoms with van der Waals surface area (Å²) in [5.74, 6) is -0.264. The van der Waals surface area contributed by atoms with Crippen molar-refractivity contribution < 1.29 is 14.3 Å². The minimum Gasteiger partial charge on any atom is -0.396 e. The smallest absolute Gasteiger partial charge is 0.255 e. The van der Waals surface area contributed by atoms with Crippen molar-refractivity contribution >= 4 is 17.5 Å². The van der Waals surface area contributed by atoms with Gasteiger partial charge < -0.3 is 14.9 Å². The zero-order chi connectivity index (χ0) is 17.1. The average molecular weight is 355 g/mol. The maximum atomic E-state index is 13.2. The van der Waals surface area contributed by atoms with Gasteiger partial charge in [0.1, 0.15) is 5.82 Å². The van der Waals surface area contributed by atoms with E-state index in [1.165, 1.54) is 37.5 Å². The van der Waals surface area contributed by atoms with Crippen molar-refractivity contribution in [2.75, 3.05) is 39.3 Å². The highest BCUT2D eigenvalue weighted by Crippen LogP contribution is 2.28. The normalized spacial score (nSPS) is 25.2. The molecule has 132 valence electrons. The van der Waals surface area contributed by atoms with E-state index >= 15 is 0 Å². The van der Waals surface area contributed by atoms with Crippen LogP contribution in [0.25, 0.3) is 0 Å². The van der Waals surface area contributed by atoms with E-state index in [0.717, 1.165) is 19.6 Å². The van der Waals surface area contributed by atoms with E-state index in [1.807, 2.05) is 0 Å². The number of hydrogen-bond acceptors (Lipinski definition) is 3. The minimum absolute atomic E-state index is 0.0828. The van der Waals surface area contributed by atoms with Gasteiger partial charge in [-0.3, -0.25) is 4.79 Å². The van der Waals surface area contributed by atoms with Gasteiger partial charge in [0.05, 0.1) is 10.6 Å². The predicted octanol–water partition coefficient (Wildman–Crippen LogP) is 2.65. The molecule has 0 bridgehead atoms. The predicted molar refractivity (Wildman–Crippen MR) is 91.7 cm³/mol. The number of likely N-dealkylation sites (tertiary alicyclic amines) is 2. The van der Waals surface area contributed by atoms with E-state index < -0.39 is 5.82 Å². The Morgan fingerprint density at radius 2 is 1.92 bits per heavy atom. The molecule has 1 aromatic carbocycles. The lowest BCUT2D eigenvalue weighted by Crippen LogP contribution is -2.37. The largest absolute Gasteiger partial charge is 0.396 e. The van der Waals surface area contributed by atoms with Crippen LogP contribution in [-0.4, -0.2) is 60.1 Å². The molecule has 1 aromatic rings. The number of rotatable bonds is 4. The summed E-state index contributed by atoms with van der Waals surface area (Å²) in [6, 6.07) is 3.86. The highest BCUT2D eigenvalue weighted by molar-refractivity contribution is 6.33. The number of benzene rings is 1. The molecule has 0 radical (unpaired) electrons. The van der Waals surface area contributed by atoms with Crippen molar-refractivity contribution in [3.63, 3.8) is 0 Å². The molecule has 0 saturated carbocycles. The number of nitrogens with zero attached hydrogens (tertiary/aromatic N) is 2. The Bertz CT molecular complexity index is 592. The standard InChI is InChI=1S/C18H24ClFN2O2/c19-17-8-15(20)4-5-16(17)18(24)22-10-13(14(11-22)12-23)9-21-6-2-1-3-7-21/h4-5,8,13-14,23H,1-3,6-7,9-12H2/t13-,14-/m0/s1.